The van der Waals surface area contributed by atoms with Crippen molar-refractivity contribution in [3.8, 4) is 11.8 Å². The van der Waals surface area contributed by atoms with Gasteiger partial charge in [-0.25, -0.2) is 0 Å². The maximum atomic E-state index is 12.3. The van der Waals surface area contributed by atoms with Crippen molar-refractivity contribution in [3.05, 3.63) is 62.6 Å². The second kappa shape index (κ2) is 8.07. The largest absolute Gasteiger partial charge is 0.495 e. The van der Waals surface area contributed by atoms with Gasteiger partial charge in [-0.3, -0.25) is 4.79 Å². The zero-order valence-electron chi connectivity index (χ0n) is 12.4. The number of anilines is 1. The molecule has 0 aliphatic rings. The molecule has 24 heavy (non-hydrogen) atoms. The number of para-hydroxylation sites is 1. The Hall–Kier alpha value is -2.19. The Labute approximate surface area is 154 Å². The van der Waals surface area contributed by atoms with Gasteiger partial charge in [0.05, 0.1) is 22.8 Å². The van der Waals surface area contributed by atoms with E-state index in [4.69, 9.17) is 39.5 Å². The van der Waals surface area contributed by atoms with Gasteiger partial charge in [0, 0.05) is 10.6 Å². The monoisotopic (exact) mass is 380 g/mol. The molecule has 0 saturated heterocycles. The lowest BCUT2D eigenvalue weighted by Gasteiger charge is -2.09. The van der Waals surface area contributed by atoms with E-state index < -0.39 is 5.91 Å². The fourth-order valence-electron chi connectivity index (χ4n) is 1.96. The first-order valence-corrected chi connectivity index (χ1v) is 7.80. The van der Waals surface area contributed by atoms with Gasteiger partial charge in [0.2, 0.25) is 0 Å². The van der Waals surface area contributed by atoms with Crippen molar-refractivity contribution in [1.29, 1.82) is 5.26 Å². The molecule has 0 aliphatic heterocycles. The van der Waals surface area contributed by atoms with Crippen molar-refractivity contribution in [2.75, 3.05) is 12.4 Å². The topological polar surface area (TPSA) is 62.1 Å². The predicted octanol–water partition coefficient (Wildman–Crippen LogP) is 5.20. The summed E-state index contributed by atoms with van der Waals surface area (Å²) in [7, 11) is 1.43. The first-order chi connectivity index (χ1) is 11.5. The molecule has 2 rings (SSSR count). The van der Waals surface area contributed by atoms with Crippen LogP contribution in [0.5, 0.6) is 5.75 Å². The molecule has 0 unspecified atom stereocenters. The first kappa shape index (κ1) is 18.2. The second-order valence-corrected chi connectivity index (χ2v) is 5.86. The summed E-state index contributed by atoms with van der Waals surface area (Å²) < 4.78 is 5.20. The zero-order chi connectivity index (χ0) is 17.7. The number of ether oxygens (including phenoxy) is 1. The maximum absolute atomic E-state index is 12.3. The molecular formula is C17H11Cl3N2O2. The van der Waals surface area contributed by atoms with Crippen LogP contribution in [0.1, 0.15) is 5.56 Å². The fraction of sp³-hybridized carbons (Fsp3) is 0.0588. The van der Waals surface area contributed by atoms with Gasteiger partial charge < -0.3 is 10.1 Å². The first-order valence-electron chi connectivity index (χ1n) is 6.67. The number of methoxy groups -OCH3 is 1. The Morgan fingerprint density at radius 1 is 1.21 bits per heavy atom. The average molecular weight is 382 g/mol. The number of hydrogen-bond donors (Lipinski definition) is 1. The highest BCUT2D eigenvalue weighted by Crippen LogP contribution is 2.33. The van der Waals surface area contributed by atoms with Crippen LogP contribution in [0.4, 0.5) is 5.69 Å². The number of halogens is 3. The molecule has 2 aromatic carbocycles. The number of benzene rings is 2. The van der Waals surface area contributed by atoms with E-state index in [1.807, 2.05) is 6.07 Å². The number of hydrogen-bond acceptors (Lipinski definition) is 3. The van der Waals surface area contributed by atoms with E-state index in [9.17, 15) is 10.1 Å². The van der Waals surface area contributed by atoms with Gasteiger partial charge in [0.15, 0.2) is 0 Å². The van der Waals surface area contributed by atoms with Crippen molar-refractivity contribution in [2.45, 2.75) is 0 Å². The molecule has 4 nitrogen and oxygen atoms in total. The molecule has 0 saturated carbocycles. The van der Waals surface area contributed by atoms with Crippen molar-refractivity contribution in [3.63, 3.8) is 0 Å². The summed E-state index contributed by atoms with van der Waals surface area (Å²) in [6.07, 6.45) is 1.35. The maximum Gasteiger partial charge on any atom is 0.266 e. The van der Waals surface area contributed by atoms with Crippen molar-refractivity contribution in [2.24, 2.45) is 0 Å². The quantitative estimate of drug-likeness (QED) is 0.585. The molecule has 0 fully saturated rings. The molecule has 0 spiro atoms. The van der Waals surface area contributed by atoms with E-state index in [0.717, 1.165) is 0 Å². The molecule has 7 heteroatoms. The van der Waals surface area contributed by atoms with Crippen LogP contribution in [0.2, 0.25) is 15.1 Å². The predicted molar refractivity (Wildman–Crippen MR) is 96.7 cm³/mol. The third-order valence-electron chi connectivity index (χ3n) is 3.03. The van der Waals surface area contributed by atoms with Crippen LogP contribution in [0, 0.1) is 11.3 Å². The molecule has 0 aliphatic carbocycles. The van der Waals surface area contributed by atoms with Crippen molar-refractivity contribution < 1.29 is 9.53 Å². The molecule has 0 radical (unpaired) electrons. The van der Waals surface area contributed by atoms with Crippen LogP contribution in [0.15, 0.2) is 42.0 Å². The van der Waals surface area contributed by atoms with Gasteiger partial charge in [-0.2, -0.15) is 5.26 Å². The van der Waals surface area contributed by atoms with E-state index in [1.165, 1.54) is 19.3 Å². The molecule has 1 N–H and O–H groups in total. The van der Waals surface area contributed by atoms with Crippen molar-refractivity contribution in [1.82, 2.24) is 0 Å². The smallest absolute Gasteiger partial charge is 0.266 e. The summed E-state index contributed by atoms with van der Waals surface area (Å²) in [5.41, 5.74) is 0.675. The van der Waals surface area contributed by atoms with Crippen molar-refractivity contribution >= 4 is 52.5 Å². The third-order valence-corrected chi connectivity index (χ3v) is 3.86. The molecule has 0 aromatic heterocycles. The standard InChI is InChI=1S/C17H11Cl3N2O2/c1-24-16-10(7-12(18)8-14(16)20)6-11(9-21)17(23)22-15-5-3-2-4-13(15)19/h2-8H,1H3,(H,22,23)/b11-6+. The van der Waals surface area contributed by atoms with Gasteiger partial charge in [0.1, 0.15) is 17.4 Å². The molecule has 0 heterocycles. The highest BCUT2D eigenvalue weighted by atomic mass is 35.5. The van der Waals surface area contributed by atoms with E-state index in [-0.39, 0.29) is 10.6 Å². The summed E-state index contributed by atoms with van der Waals surface area (Å²) in [5, 5.41) is 12.9. The Balaban J connectivity index is 2.38. The van der Waals surface area contributed by atoms with Gasteiger partial charge in [0.25, 0.3) is 5.91 Å². The lowest BCUT2D eigenvalue weighted by atomic mass is 10.1. The average Bonchev–Trinajstić information content (AvgIpc) is 2.54. The number of carbonyl (C=O) groups excluding carboxylic acids is 1. The number of rotatable bonds is 4. The molecule has 122 valence electrons. The van der Waals surface area contributed by atoms with E-state index in [2.05, 4.69) is 5.32 Å². The molecule has 2 aromatic rings. The van der Waals surface area contributed by atoms with Crippen LogP contribution in [0.3, 0.4) is 0 Å². The highest BCUT2D eigenvalue weighted by molar-refractivity contribution is 6.36. The van der Waals surface area contributed by atoms with Crippen LogP contribution in [-0.4, -0.2) is 13.0 Å². The minimum absolute atomic E-state index is 0.147. The second-order valence-electron chi connectivity index (χ2n) is 4.61. The number of nitriles is 1. The Morgan fingerprint density at radius 3 is 2.54 bits per heavy atom. The molecular weight excluding hydrogens is 371 g/mol. The van der Waals surface area contributed by atoms with E-state index in [0.29, 0.717) is 27.0 Å². The number of nitrogens with zero attached hydrogens (tertiary/aromatic N) is 1. The lowest BCUT2D eigenvalue weighted by Crippen LogP contribution is -2.13. The van der Waals surface area contributed by atoms with Gasteiger partial charge in [-0.05, 0) is 30.3 Å². The van der Waals surface area contributed by atoms with Crippen LogP contribution >= 0.6 is 34.8 Å². The fourth-order valence-corrected chi connectivity index (χ4v) is 2.73. The number of carbonyl (C=O) groups is 1. The Kier molecular flexibility index (Phi) is 6.10. The van der Waals surface area contributed by atoms with Crippen LogP contribution in [0.25, 0.3) is 6.08 Å². The molecule has 1 amide bonds. The van der Waals surface area contributed by atoms with E-state index >= 15 is 0 Å². The molecule has 0 atom stereocenters. The summed E-state index contributed by atoms with van der Waals surface area (Å²) in [6.45, 7) is 0. The van der Waals surface area contributed by atoms with E-state index in [1.54, 1.807) is 30.3 Å². The molecule has 0 bridgehead atoms. The normalized spacial score (nSPS) is 10.9. The minimum Gasteiger partial charge on any atom is -0.495 e. The zero-order valence-corrected chi connectivity index (χ0v) is 14.7. The SMILES string of the molecule is COc1c(Cl)cc(Cl)cc1/C=C(\C#N)C(=O)Nc1ccccc1Cl. The summed E-state index contributed by atoms with van der Waals surface area (Å²) >= 11 is 18.0. The Bertz CT molecular complexity index is 857. The van der Waals surface area contributed by atoms with Gasteiger partial charge in [-0.1, -0.05) is 46.9 Å². The summed E-state index contributed by atoms with van der Waals surface area (Å²) in [5.74, 6) is -0.289. The minimum atomic E-state index is -0.608. The summed E-state index contributed by atoms with van der Waals surface area (Å²) in [6, 6.07) is 11.6. The Morgan fingerprint density at radius 2 is 1.92 bits per heavy atom. The van der Waals surface area contributed by atoms with Gasteiger partial charge in [-0.15, -0.1) is 0 Å². The third kappa shape index (κ3) is 4.21. The van der Waals surface area contributed by atoms with Crippen LogP contribution in [-0.2, 0) is 4.79 Å². The van der Waals surface area contributed by atoms with Gasteiger partial charge >= 0.3 is 0 Å². The summed E-state index contributed by atoms with van der Waals surface area (Å²) in [4.78, 5) is 12.3. The number of nitrogens with one attached hydrogen (secondary N) is 1. The van der Waals surface area contributed by atoms with Crippen LogP contribution < -0.4 is 10.1 Å². The highest BCUT2D eigenvalue weighted by Gasteiger charge is 2.14. The number of amides is 1. The lowest BCUT2D eigenvalue weighted by molar-refractivity contribution is -0.112.